The molecular formula is C56H32S. The second-order valence-electron chi connectivity index (χ2n) is 15.5. The molecule has 0 aliphatic heterocycles. The molecule has 1 aliphatic carbocycles. The SMILES string of the molecule is c1ccc2cc3c(cc2c1)sc1c(-c2ccc4c5c(cccc25)-c2c-4c(-c4cccc5ccccc45)c4ccccc4c2-c2cccc4ccccc24)cccc13. The molecule has 0 nitrogen and oxygen atoms in total. The fraction of sp³-hybridized carbons (Fsp3) is 0. The summed E-state index contributed by atoms with van der Waals surface area (Å²) in [5.41, 5.74) is 13.0. The van der Waals surface area contributed by atoms with Crippen LogP contribution in [0.3, 0.4) is 0 Å². The van der Waals surface area contributed by atoms with Gasteiger partial charge in [0.1, 0.15) is 0 Å². The van der Waals surface area contributed by atoms with Crippen LogP contribution in [0.1, 0.15) is 0 Å². The van der Waals surface area contributed by atoms with E-state index in [0.29, 0.717) is 0 Å². The maximum absolute atomic E-state index is 2.43. The first-order chi connectivity index (χ1) is 28.3. The molecular weight excluding hydrogens is 705 g/mol. The minimum Gasteiger partial charge on any atom is -0.135 e. The van der Waals surface area contributed by atoms with Gasteiger partial charge in [0.05, 0.1) is 0 Å². The van der Waals surface area contributed by atoms with E-state index >= 15 is 0 Å². The normalized spacial score (nSPS) is 12.2. The fourth-order valence-corrected chi connectivity index (χ4v) is 11.4. The van der Waals surface area contributed by atoms with Crippen LogP contribution >= 0.6 is 11.3 Å². The summed E-state index contributed by atoms with van der Waals surface area (Å²) in [4.78, 5) is 0. The second kappa shape index (κ2) is 11.7. The zero-order chi connectivity index (χ0) is 37.2. The van der Waals surface area contributed by atoms with Gasteiger partial charge in [-0.2, -0.15) is 0 Å². The van der Waals surface area contributed by atoms with E-state index in [4.69, 9.17) is 0 Å². The molecule has 57 heavy (non-hydrogen) atoms. The van der Waals surface area contributed by atoms with Gasteiger partial charge >= 0.3 is 0 Å². The van der Waals surface area contributed by atoms with Crippen molar-refractivity contribution in [1.82, 2.24) is 0 Å². The quantitative estimate of drug-likeness (QED) is 0.169. The molecule has 12 aromatic rings. The third-order valence-electron chi connectivity index (χ3n) is 12.6. The zero-order valence-electron chi connectivity index (χ0n) is 30.9. The van der Waals surface area contributed by atoms with Crippen molar-refractivity contribution in [2.75, 3.05) is 0 Å². The molecule has 1 heteroatoms. The van der Waals surface area contributed by atoms with Crippen molar-refractivity contribution in [2.24, 2.45) is 0 Å². The molecule has 0 saturated heterocycles. The fourth-order valence-electron chi connectivity index (χ4n) is 10.2. The minimum atomic E-state index is 1.26. The highest BCUT2D eigenvalue weighted by molar-refractivity contribution is 7.26. The molecule has 13 rings (SSSR count). The van der Waals surface area contributed by atoms with E-state index in [2.05, 4.69) is 194 Å². The Balaban J connectivity index is 1.17. The van der Waals surface area contributed by atoms with E-state index in [9.17, 15) is 0 Å². The smallest absolute Gasteiger partial charge is 0.0434 e. The predicted octanol–water partition coefficient (Wildman–Crippen LogP) is 16.5. The van der Waals surface area contributed by atoms with Crippen molar-refractivity contribution < 1.29 is 0 Å². The molecule has 262 valence electrons. The number of benzene rings is 11. The van der Waals surface area contributed by atoms with Crippen molar-refractivity contribution in [1.29, 1.82) is 0 Å². The van der Waals surface area contributed by atoms with Gasteiger partial charge in [0, 0.05) is 25.7 Å². The Morgan fingerprint density at radius 2 is 0.684 bits per heavy atom. The predicted molar refractivity (Wildman–Crippen MR) is 248 cm³/mol. The van der Waals surface area contributed by atoms with Gasteiger partial charge in [-0.1, -0.05) is 182 Å². The molecule has 0 N–H and O–H groups in total. The summed E-state index contributed by atoms with van der Waals surface area (Å²) in [6.07, 6.45) is 0. The van der Waals surface area contributed by atoms with Crippen LogP contribution < -0.4 is 0 Å². The highest BCUT2D eigenvalue weighted by Gasteiger charge is 2.32. The molecule has 0 radical (unpaired) electrons. The van der Waals surface area contributed by atoms with Gasteiger partial charge < -0.3 is 0 Å². The first kappa shape index (κ1) is 31.2. The van der Waals surface area contributed by atoms with Gasteiger partial charge in [-0.3, -0.25) is 0 Å². The molecule has 1 aromatic heterocycles. The molecule has 0 fully saturated rings. The number of hydrogen-bond acceptors (Lipinski definition) is 1. The molecule has 0 spiro atoms. The van der Waals surface area contributed by atoms with E-state index in [-0.39, 0.29) is 0 Å². The molecule has 0 bridgehead atoms. The molecule has 0 atom stereocenters. The van der Waals surface area contributed by atoms with Crippen LogP contribution in [0.25, 0.3) is 130 Å². The van der Waals surface area contributed by atoms with Crippen molar-refractivity contribution >= 4 is 85.4 Å². The summed E-state index contributed by atoms with van der Waals surface area (Å²) >= 11 is 1.92. The molecule has 0 saturated carbocycles. The summed E-state index contributed by atoms with van der Waals surface area (Å²) in [5.74, 6) is 0. The van der Waals surface area contributed by atoms with Gasteiger partial charge in [-0.05, 0) is 116 Å². The lowest BCUT2D eigenvalue weighted by Crippen LogP contribution is -1.94. The maximum atomic E-state index is 2.43. The van der Waals surface area contributed by atoms with Crippen molar-refractivity contribution in [2.45, 2.75) is 0 Å². The molecule has 1 heterocycles. The van der Waals surface area contributed by atoms with Gasteiger partial charge in [0.25, 0.3) is 0 Å². The molecule has 11 aromatic carbocycles. The van der Waals surface area contributed by atoms with Gasteiger partial charge in [-0.25, -0.2) is 0 Å². The third-order valence-corrected chi connectivity index (χ3v) is 13.8. The zero-order valence-corrected chi connectivity index (χ0v) is 31.7. The second-order valence-corrected chi connectivity index (χ2v) is 16.5. The Morgan fingerprint density at radius 3 is 1.33 bits per heavy atom. The first-order valence-corrected chi connectivity index (χ1v) is 20.6. The molecule has 0 amide bonds. The monoisotopic (exact) mass is 736 g/mol. The Hall–Kier alpha value is -7.06. The minimum absolute atomic E-state index is 1.26. The molecule has 1 aliphatic rings. The highest BCUT2D eigenvalue weighted by atomic mass is 32.1. The first-order valence-electron chi connectivity index (χ1n) is 19.8. The van der Waals surface area contributed by atoms with Crippen LogP contribution in [0.5, 0.6) is 0 Å². The Bertz CT molecular complexity index is 3550. The van der Waals surface area contributed by atoms with Crippen LogP contribution in [0.15, 0.2) is 194 Å². The Morgan fingerprint density at radius 1 is 0.246 bits per heavy atom. The van der Waals surface area contributed by atoms with Crippen LogP contribution in [-0.4, -0.2) is 0 Å². The van der Waals surface area contributed by atoms with E-state index in [1.807, 2.05) is 11.3 Å². The number of thiophene rings is 1. The van der Waals surface area contributed by atoms with Crippen molar-refractivity contribution in [3.63, 3.8) is 0 Å². The number of fused-ring (bicyclic) bond motifs is 10. The summed E-state index contributed by atoms with van der Waals surface area (Å²) in [5, 5.41) is 15.5. The summed E-state index contributed by atoms with van der Waals surface area (Å²) < 4.78 is 2.68. The standard InChI is InChI=1S/C56H32S/c1-2-16-36-32-50-49(31-35(36)15-1)46-27-12-26-45(56(46)57-50)39-29-30-48-51-42(39)25-11-28-47(51)54-52(40-23-9-17-33-13-3-5-19-37(33)40)43-21-7-8-22-44(43)53(55(48)54)41-24-10-18-34-14-4-6-20-38(34)41/h1-32H. The largest absolute Gasteiger partial charge is 0.135 e. The summed E-state index contributed by atoms with van der Waals surface area (Å²) in [7, 11) is 0. The Labute approximate surface area is 333 Å². The van der Waals surface area contributed by atoms with Crippen LogP contribution in [-0.2, 0) is 0 Å². The van der Waals surface area contributed by atoms with Gasteiger partial charge in [0.2, 0.25) is 0 Å². The lowest BCUT2D eigenvalue weighted by molar-refractivity contribution is 1.65. The van der Waals surface area contributed by atoms with Gasteiger partial charge in [-0.15, -0.1) is 11.3 Å². The highest BCUT2D eigenvalue weighted by Crippen LogP contribution is 2.60. The number of rotatable bonds is 3. The van der Waals surface area contributed by atoms with Crippen LogP contribution in [0.2, 0.25) is 0 Å². The van der Waals surface area contributed by atoms with Crippen molar-refractivity contribution in [3.05, 3.63) is 194 Å². The van der Waals surface area contributed by atoms with E-state index in [1.54, 1.807) is 0 Å². The summed E-state index contributed by atoms with van der Waals surface area (Å²) in [6, 6.07) is 72.7. The van der Waals surface area contributed by atoms with Gasteiger partial charge in [0.15, 0.2) is 0 Å². The van der Waals surface area contributed by atoms with E-state index in [1.165, 1.54) is 130 Å². The topological polar surface area (TPSA) is 0 Å². The third kappa shape index (κ3) is 4.32. The summed E-state index contributed by atoms with van der Waals surface area (Å²) in [6.45, 7) is 0. The number of hydrogen-bond donors (Lipinski definition) is 0. The molecule has 0 unspecified atom stereocenters. The Kier molecular flexibility index (Phi) is 6.41. The average molecular weight is 737 g/mol. The lowest BCUT2D eigenvalue weighted by atomic mass is 9.81. The average Bonchev–Trinajstić information content (AvgIpc) is 3.80. The lowest BCUT2D eigenvalue weighted by Gasteiger charge is -2.22. The van der Waals surface area contributed by atoms with E-state index < -0.39 is 0 Å². The van der Waals surface area contributed by atoms with E-state index in [0.717, 1.165) is 0 Å². The van der Waals surface area contributed by atoms with Crippen molar-refractivity contribution in [3.8, 4) is 55.6 Å². The maximum Gasteiger partial charge on any atom is 0.0434 e. The van der Waals surface area contributed by atoms with Crippen LogP contribution in [0, 0.1) is 0 Å². The van der Waals surface area contributed by atoms with Crippen LogP contribution in [0.4, 0.5) is 0 Å².